The van der Waals surface area contributed by atoms with E-state index in [0.29, 0.717) is 12.1 Å². The molecule has 8 nitrogen and oxygen atoms in total. The van der Waals surface area contributed by atoms with Gasteiger partial charge in [-0.25, -0.2) is 0 Å². The average Bonchev–Trinajstić information content (AvgIpc) is 2.98. The van der Waals surface area contributed by atoms with Gasteiger partial charge < -0.3 is 15.9 Å². The Morgan fingerprint density at radius 1 is 1.55 bits per heavy atom. The van der Waals surface area contributed by atoms with E-state index in [1.54, 1.807) is 6.07 Å². The third-order valence-electron chi connectivity index (χ3n) is 4.38. The van der Waals surface area contributed by atoms with E-state index in [1.807, 2.05) is 0 Å². The molecule has 1 aromatic carbocycles. The van der Waals surface area contributed by atoms with Crippen LogP contribution in [0.25, 0.3) is 10.5 Å². The number of carbonyl (C=O) groups is 1. The minimum Gasteiger partial charge on any atom is -0.367 e. The maximum Gasteiger partial charge on any atom is 0.416 e. The molecule has 1 aliphatic rings. The molecule has 0 saturated heterocycles. The van der Waals surface area contributed by atoms with E-state index in [-0.39, 0.29) is 27.8 Å². The molecule has 29 heavy (non-hydrogen) atoms. The zero-order chi connectivity index (χ0) is 21.7. The summed E-state index contributed by atoms with van der Waals surface area (Å²) in [7, 11) is -1.77. The van der Waals surface area contributed by atoms with Crippen LogP contribution in [0.5, 0.6) is 0 Å². The number of anilines is 1. The van der Waals surface area contributed by atoms with E-state index in [0.717, 1.165) is 4.68 Å². The minimum absolute atomic E-state index is 0.0924. The van der Waals surface area contributed by atoms with E-state index in [1.165, 1.54) is 6.26 Å². The summed E-state index contributed by atoms with van der Waals surface area (Å²) in [6.45, 7) is 7.24. The number of carbonyl (C=O) groups excluding carboxylic acids is 1. The van der Waals surface area contributed by atoms with Crippen molar-refractivity contribution in [3.8, 4) is 11.8 Å². The van der Waals surface area contributed by atoms with Crippen LogP contribution in [-0.2, 0) is 27.3 Å². The molecule has 3 rings (SSSR count). The molecule has 2 heterocycles. The zero-order valence-electron chi connectivity index (χ0n) is 14.5. The van der Waals surface area contributed by atoms with Gasteiger partial charge in [0.15, 0.2) is 11.4 Å². The molecular formula is C16H10ClF3N6O2S. The summed E-state index contributed by atoms with van der Waals surface area (Å²) in [5.74, 6) is -1.56. The number of amides is 1. The van der Waals surface area contributed by atoms with Gasteiger partial charge in [-0.15, -0.1) is 4.68 Å². The highest BCUT2D eigenvalue weighted by Crippen LogP contribution is 2.48. The summed E-state index contributed by atoms with van der Waals surface area (Å²) >= 11 is 6.12. The Labute approximate surface area is 169 Å². The van der Waals surface area contributed by atoms with Gasteiger partial charge in [0.1, 0.15) is 10.6 Å². The van der Waals surface area contributed by atoms with Gasteiger partial charge in [0, 0.05) is 22.6 Å². The lowest BCUT2D eigenvalue weighted by Crippen LogP contribution is -2.51. The molecule has 13 heteroatoms. The largest absolute Gasteiger partial charge is 0.416 e. The second-order valence-electron chi connectivity index (χ2n) is 6.06. The summed E-state index contributed by atoms with van der Waals surface area (Å²) in [5, 5.41) is 15.4. The number of hydrogen-bond donors (Lipinski definition) is 2. The third-order valence-corrected chi connectivity index (χ3v) is 5.62. The first-order valence-corrected chi connectivity index (χ1v) is 9.62. The molecule has 0 aliphatic carbocycles. The summed E-state index contributed by atoms with van der Waals surface area (Å²) in [5.41, 5.74) is 1.73. The number of hydrogen-bond acceptors (Lipinski definition) is 5. The van der Waals surface area contributed by atoms with Crippen molar-refractivity contribution >= 4 is 39.9 Å². The fourth-order valence-corrected chi connectivity index (χ4v) is 4.17. The molecule has 2 atom stereocenters. The Morgan fingerprint density at radius 3 is 2.69 bits per heavy atom. The average molecular weight is 443 g/mol. The Morgan fingerprint density at radius 2 is 2.21 bits per heavy atom. The molecule has 150 valence electrons. The van der Waals surface area contributed by atoms with Crippen molar-refractivity contribution in [1.82, 2.24) is 9.78 Å². The van der Waals surface area contributed by atoms with Crippen LogP contribution in [0.15, 0.2) is 17.0 Å². The molecule has 2 unspecified atom stereocenters. The number of nitrogens with one attached hydrogen (secondary N) is 1. The van der Waals surface area contributed by atoms with E-state index in [4.69, 9.17) is 23.9 Å². The minimum atomic E-state index is -4.79. The van der Waals surface area contributed by atoms with Gasteiger partial charge in [0.2, 0.25) is 5.91 Å². The standard InChI is InChI=1S/C16H10ClF3N6O2S/c1-23-12-11(29(2)28)13-24-15(3-4-21,14(22)27)8-5-7(16(18,19)20)6-9(17)10(8)26(13)25-12/h5-6,24H,3H2,2H3,(H2,22,27). The van der Waals surface area contributed by atoms with Crippen LogP contribution in [0.2, 0.25) is 5.02 Å². The summed E-state index contributed by atoms with van der Waals surface area (Å²) in [6.07, 6.45) is -4.19. The summed E-state index contributed by atoms with van der Waals surface area (Å²) in [6, 6.07) is 3.01. The summed E-state index contributed by atoms with van der Waals surface area (Å²) in [4.78, 5) is 15.5. The third kappa shape index (κ3) is 3.01. The van der Waals surface area contributed by atoms with Gasteiger partial charge in [0.25, 0.3) is 0 Å². The van der Waals surface area contributed by atoms with Gasteiger partial charge in [-0.2, -0.15) is 18.4 Å². The molecule has 2 aromatic rings. The molecule has 0 spiro atoms. The number of halogens is 4. The number of alkyl halides is 3. The molecule has 1 aromatic heterocycles. The van der Waals surface area contributed by atoms with E-state index >= 15 is 0 Å². The van der Waals surface area contributed by atoms with Crippen molar-refractivity contribution in [2.75, 3.05) is 11.6 Å². The molecule has 3 N–H and O–H groups in total. The van der Waals surface area contributed by atoms with Gasteiger partial charge >= 0.3 is 12.0 Å². The maximum atomic E-state index is 13.3. The molecule has 1 amide bonds. The van der Waals surface area contributed by atoms with E-state index in [9.17, 15) is 27.4 Å². The van der Waals surface area contributed by atoms with Crippen LogP contribution in [0.3, 0.4) is 0 Å². The van der Waals surface area contributed by atoms with Gasteiger partial charge in [-0.3, -0.25) is 9.00 Å². The lowest BCUT2D eigenvalue weighted by Gasteiger charge is -2.36. The SMILES string of the molecule is [C-]#[N+]c1nn2c(c1S(C)=O)NC(CC#N)(C(N)=O)c1cc(C(F)(F)F)cc(Cl)c1-2. The topological polar surface area (TPSA) is 118 Å². The highest BCUT2D eigenvalue weighted by atomic mass is 35.5. The number of nitriles is 1. The number of rotatable bonds is 3. The molecule has 0 fully saturated rings. The van der Waals surface area contributed by atoms with Crippen molar-refractivity contribution in [3.05, 3.63) is 39.7 Å². The Bertz CT molecular complexity index is 1160. The van der Waals surface area contributed by atoms with Crippen LogP contribution in [0.1, 0.15) is 17.5 Å². The first-order chi connectivity index (χ1) is 13.5. The Balaban J connectivity index is 2.51. The van der Waals surface area contributed by atoms with Crippen molar-refractivity contribution in [2.24, 2.45) is 5.73 Å². The van der Waals surface area contributed by atoms with E-state index in [2.05, 4.69) is 15.3 Å². The van der Waals surface area contributed by atoms with Gasteiger partial charge in [-0.1, -0.05) is 18.2 Å². The lowest BCUT2D eigenvalue weighted by molar-refractivity contribution is -0.137. The van der Waals surface area contributed by atoms with E-state index < -0.39 is 45.4 Å². The van der Waals surface area contributed by atoms with Gasteiger partial charge in [-0.05, 0) is 17.2 Å². The zero-order valence-corrected chi connectivity index (χ0v) is 16.0. The number of aromatic nitrogens is 2. The fourth-order valence-electron chi connectivity index (χ4n) is 3.11. The van der Waals surface area contributed by atoms with Crippen LogP contribution < -0.4 is 11.1 Å². The van der Waals surface area contributed by atoms with Crippen molar-refractivity contribution in [3.63, 3.8) is 0 Å². The molecular weight excluding hydrogens is 433 g/mol. The van der Waals surface area contributed by atoms with Crippen LogP contribution in [0, 0.1) is 17.9 Å². The first kappa shape index (κ1) is 20.6. The monoisotopic (exact) mass is 442 g/mol. The predicted molar refractivity (Wildman–Crippen MR) is 96.9 cm³/mol. The summed E-state index contributed by atoms with van der Waals surface area (Å²) < 4.78 is 53.2. The van der Waals surface area contributed by atoms with Crippen molar-refractivity contribution in [2.45, 2.75) is 23.0 Å². The van der Waals surface area contributed by atoms with Crippen molar-refractivity contribution < 1.29 is 22.2 Å². The number of primary amides is 1. The number of nitrogens with two attached hydrogens (primary N) is 1. The Hall–Kier alpha value is -3.09. The lowest BCUT2D eigenvalue weighted by atomic mass is 9.82. The second-order valence-corrected chi connectivity index (χ2v) is 7.78. The first-order valence-electron chi connectivity index (χ1n) is 7.68. The Kier molecular flexibility index (Phi) is 4.81. The number of benzene rings is 1. The normalized spacial score (nSPS) is 18.6. The van der Waals surface area contributed by atoms with Gasteiger partial charge in [0.05, 0.1) is 23.1 Å². The predicted octanol–water partition coefficient (Wildman–Crippen LogP) is 2.85. The smallest absolute Gasteiger partial charge is 0.367 e. The fraction of sp³-hybridized carbons (Fsp3) is 0.250. The molecule has 0 bridgehead atoms. The molecule has 0 saturated carbocycles. The van der Waals surface area contributed by atoms with Crippen LogP contribution in [0.4, 0.5) is 24.8 Å². The van der Waals surface area contributed by atoms with Crippen molar-refractivity contribution in [1.29, 1.82) is 5.26 Å². The highest BCUT2D eigenvalue weighted by Gasteiger charge is 2.49. The quantitative estimate of drug-likeness (QED) is 0.708. The van der Waals surface area contributed by atoms with Crippen LogP contribution >= 0.6 is 11.6 Å². The number of fused-ring (bicyclic) bond motifs is 3. The highest BCUT2D eigenvalue weighted by molar-refractivity contribution is 7.84. The second kappa shape index (κ2) is 6.76. The van der Waals surface area contributed by atoms with Crippen LogP contribution in [-0.4, -0.2) is 26.2 Å². The molecule has 0 radical (unpaired) electrons. The maximum absolute atomic E-state index is 13.3. The number of nitrogens with zero attached hydrogens (tertiary/aromatic N) is 4. The molecule has 1 aliphatic heterocycles.